The maximum absolute atomic E-state index is 12.9. The first-order valence-electron chi connectivity index (χ1n) is 9.23. The molecule has 2 heterocycles. The van der Waals surface area contributed by atoms with Crippen molar-refractivity contribution in [3.8, 4) is 0 Å². The van der Waals surface area contributed by atoms with E-state index >= 15 is 0 Å². The van der Waals surface area contributed by atoms with E-state index in [4.69, 9.17) is 12.2 Å². The molecule has 0 aromatic heterocycles. The number of thioether (sulfide) groups is 1. The number of benzene rings is 2. The van der Waals surface area contributed by atoms with Crippen molar-refractivity contribution in [1.29, 1.82) is 0 Å². The standard InChI is InChI=1S/C22H22N2OS2/c1-15-5-8-19(13-16(15)2)24-21(25)20(27-22(24)26)14-17-6-9-18(10-7-17)23-11-3-4-12-23/h5-10,13-14H,3-4,11-12H2,1-2H3. The number of hydrogen-bond donors (Lipinski definition) is 0. The number of aryl methyl sites for hydroxylation is 2. The molecule has 0 radical (unpaired) electrons. The third-order valence-corrected chi connectivity index (χ3v) is 6.51. The first-order valence-corrected chi connectivity index (χ1v) is 10.5. The molecule has 0 saturated carbocycles. The van der Waals surface area contributed by atoms with Crippen molar-refractivity contribution in [2.45, 2.75) is 26.7 Å². The van der Waals surface area contributed by atoms with Gasteiger partial charge in [0.15, 0.2) is 4.32 Å². The van der Waals surface area contributed by atoms with E-state index in [-0.39, 0.29) is 5.91 Å². The van der Waals surface area contributed by atoms with Crippen LogP contribution < -0.4 is 9.80 Å². The molecule has 0 N–H and O–H groups in total. The zero-order valence-electron chi connectivity index (χ0n) is 15.6. The Hall–Kier alpha value is -2.11. The van der Waals surface area contributed by atoms with Crippen molar-refractivity contribution in [2.75, 3.05) is 22.9 Å². The predicted molar refractivity (Wildman–Crippen MR) is 119 cm³/mol. The van der Waals surface area contributed by atoms with E-state index in [1.807, 2.05) is 31.2 Å². The molecular formula is C22H22N2OS2. The fourth-order valence-electron chi connectivity index (χ4n) is 3.46. The largest absolute Gasteiger partial charge is 0.372 e. The highest BCUT2D eigenvalue weighted by molar-refractivity contribution is 8.27. The first kappa shape index (κ1) is 18.3. The molecule has 0 aliphatic carbocycles. The molecule has 138 valence electrons. The first-order chi connectivity index (χ1) is 13.0. The number of hydrogen-bond acceptors (Lipinski definition) is 4. The van der Waals surface area contributed by atoms with E-state index in [0.717, 1.165) is 29.9 Å². The summed E-state index contributed by atoms with van der Waals surface area (Å²) in [4.78, 5) is 17.6. The third kappa shape index (κ3) is 3.66. The Kier molecular flexibility index (Phi) is 5.06. The maximum Gasteiger partial charge on any atom is 0.270 e. The van der Waals surface area contributed by atoms with E-state index in [2.05, 4.69) is 36.1 Å². The molecular weight excluding hydrogens is 372 g/mol. The summed E-state index contributed by atoms with van der Waals surface area (Å²) in [6.45, 7) is 6.38. The number of carbonyl (C=O) groups is 1. The number of carbonyl (C=O) groups excluding carboxylic acids is 1. The van der Waals surface area contributed by atoms with Crippen LogP contribution >= 0.6 is 24.0 Å². The molecule has 2 fully saturated rings. The van der Waals surface area contributed by atoms with Crippen LogP contribution in [-0.4, -0.2) is 23.3 Å². The molecule has 27 heavy (non-hydrogen) atoms. The summed E-state index contributed by atoms with van der Waals surface area (Å²) in [5, 5.41) is 0. The molecule has 2 aromatic carbocycles. The van der Waals surface area contributed by atoms with Crippen LogP contribution in [0.2, 0.25) is 0 Å². The minimum atomic E-state index is -0.0446. The van der Waals surface area contributed by atoms with E-state index < -0.39 is 0 Å². The molecule has 0 unspecified atom stereocenters. The average Bonchev–Trinajstić information content (AvgIpc) is 3.28. The smallest absolute Gasteiger partial charge is 0.270 e. The van der Waals surface area contributed by atoms with Crippen LogP contribution in [0.15, 0.2) is 47.4 Å². The number of amides is 1. The van der Waals surface area contributed by atoms with E-state index in [0.29, 0.717) is 9.23 Å². The minimum absolute atomic E-state index is 0.0446. The Morgan fingerprint density at radius 1 is 0.963 bits per heavy atom. The summed E-state index contributed by atoms with van der Waals surface area (Å²) in [5.74, 6) is -0.0446. The molecule has 0 bridgehead atoms. The lowest BCUT2D eigenvalue weighted by Gasteiger charge is -2.17. The van der Waals surface area contributed by atoms with Crippen molar-refractivity contribution in [3.05, 3.63) is 64.1 Å². The van der Waals surface area contributed by atoms with E-state index in [9.17, 15) is 4.79 Å². The molecule has 4 rings (SSSR count). The van der Waals surface area contributed by atoms with Crippen LogP contribution in [0.1, 0.15) is 29.5 Å². The summed E-state index contributed by atoms with van der Waals surface area (Å²) in [7, 11) is 0. The fourth-order valence-corrected chi connectivity index (χ4v) is 4.76. The molecule has 2 aliphatic heterocycles. The lowest BCUT2D eigenvalue weighted by molar-refractivity contribution is -0.113. The SMILES string of the molecule is Cc1ccc(N2C(=O)C(=Cc3ccc(N4CCCC4)cc3)SC2=S)cc1C. The Balaban J connectivity index is 1.56. The highest BCUT2D eigenvalue weighted by Gasteiger charge is 2.33. The maximum atomic E-state index is 12.9. The molecule has 3 nitrogen and oxygen atoms in total. The van der Waals surface area contributed by atoms with Gasteiger partial charge in [0.1, 0.15) is 0 Å². The molecule has 0 spiro atoms. The predicted octanol–water partition coefficient (Wildman–Crippen LogP) is 5.31. The van der Waals surface area contributed by atoms with Gasteiger partial charge in [-0.15, -0.1) is 0 Å². The van der Waals surface area contributed by atoms with Crippen LogP contribution in [0.25, 0.3) is 6.08 Å². The van der Waals surface area contributed by atoms with Crippen LogP contribution in [0, 0.1) is 13.8 Å². The van der Waals surface area contributed by atoms with Gasteiger partial charge in [-0.05, 0) is 73.7 Å². The van der Waals surface area contributed by atoms with Gasteiger partial charge in [-0.25, -0.2) is 0 Å². The summed E-state index contributed by atoms with van der Waals surface area (Å²) in [5.41, 5.74) is 5.49. The summed E-state index contributed by atoms with van der Waals surface area (Å²) < 4.78 is 0.586. The highest BCUT2D eigenvalue weighted by atomic mass is 32.2. The van der Waals surface area contributed by atoms with E-state index in [1.165, 1.54) is 35.9 Å². The van der Waals surface area contributed by atoms with Crippen molar-refractivity contribution in [2.24, 2.45) is 0 Å². The number of anilines is 2. The molecule has 2 aromatic rings. The van der Waals surface area contributed by atoms with Gasteiger partial charge < -0.3 is 4.90 Å². The summed E-state index contributed by atoms with van der Waals surface area (Å²) in [6, 6.07) is 14.5. The van der Waals surface area contributed by atoms with Crippen molar-refractivity contribution in [1.82, 2.24) is 0 Å². The lowest BCUT2D eigenvalue weighted by Crippen LogP contribution is -2.27. The number of nitrogens with zero attached hydrogens (tertiary/aromatic N) is 2. The van der Waals surface area contributed by atoms with E-state index in [1.54, 1.807) is 4.90 Å². The lowest BCUT2D eigenvalue weighted by atomic mass is 10.1. The average molecular weight is 395 g/mol. The van der Waals surface area contributed by atoms with Crippen LogP contribution in [0.4, 0.5) is 11.4 Å². The summed E-state index contributed by atoms with van der Waals surface area (Å²) >= 11 is 6.85. The Morgan fingerprint density at radius 2 is 1.63 bits per heavy atom. The second kappa shape index (κ2) is 7.49. The molecule has 2 aliphatic rings. The minimum Gasteiger partial charge on any atom is -0.372 e. The number of rotatable bonds is 3. The van der Waals surface area contributed by atoms with Crippen LogP contribution in [0.5, 0.6) is 0 Å². The second-order valence-corrected chi connectivity index (χ2v) is 8.75. The second-order valence-electron chi connectivity index (χ2n) is 7.07. The fraction of sp³-hybridized carbons (Fsp3) is 0.273. The zero-order valence-corrected chi connectivity index (χ0v) is 17.2. The van der Waals surface area contributed by atoms with Gasteiger partial charge in [0.25, 0.3) is 5.91 Å². The third-order valence-electron chi connectivity index (χ3n) is 5.20. The highest BCUT2D eigenvalue weighted by Crippen LogP contribution is 2.36. The van der Waals surface area contributed by atoms with Gasteiger partial charge in [0.2, 0.25) is 0 Å². The van der Waals surface area contributed by atoms with Crippen molar-refractivity contribution >= 4 is 51.7 Å². The summed E-state index contributed by atoms with van der Waals surface area (Å²) in [6.07, 6.45) is 4.47. The van der Waals surface area contributed by atoms with Crippen molar-refractivity contribution < 1.29 is 4.79 Å². The molecule has 2 saturated heterocycles. The Morgan fingerprint density at radius 3 is 2.30 bits per heavy atom. The normalized spacial score (nSPS) is 18.8. The molecule has 1 amide bonds. The van der Waals surface area contributed by atoms with Gasteiger partial charge in [-0.2, -0.15) is 0 Å². The quantitative estimate of drug-likeness (QED) is 0.520. The molecule has 5 heteroatoms. The number of thiocarbonyl (C=S) groups is 1. The van der Waals surface area contributed by atoms with Gasteiger partial charge in [-0.3, -0.25) is 9.69 Å². The zero-order chi connectivity index (χ0) is 19.0. The van der Waals surface area contributed by atoms with Crippen LogP contribution in [-0.2, 0) is 4.79 Å². The van der Waals surface area contributed by atoms with Crippen molar-refractivity contribution in [3.63, 3.8) is 0 Å². The van der Waals surface area contributed by atoms with Gasteiger partial charge in [0, 0.05) is 18.8 Å². The molecule has 0 atom stereocenters. The van der Waals surface area contributed by atoms with Gasteiger partial charge in [-0.1, -0.05) is 42.2 Å². The van der Waals surface area contributed by atoms with Gasteiger partial charge in [0.05, 0.1) is 10.6 Å². The van der Waals surface area contributed by atoms with Gasteiger partial charge >= 0.3 is 0 Å². The topological polar surface area (TPSA) is 23.6 Å². The van der Waals surface area contributed by atoms with Crippen LogP contribution in [0.3, 0.4) is 0 Å². The monoisotopic (exact) mass is 394 g/mol. The Bertz CT molecular complexity index is 928. The Labute approximate surface area is 170 Å².